The van der Waals surface area contributed by atoms with Gasteiger partial charge in [0.25, 0.3) is 0 Å². The Morgan fingerprint density at radius 2 is 1.66 bits per heavy atom. The second-order valence-electron chi connectivity index (χ2n) is 6.95. The summed E-state index contributed by atoms with van der Waals surface area (Å²) < 4.78 is 12.8. The summed E-state index contributed by atoms with van der Waals surface area (Å²) in [5, 5.41) is 0. The van der Waals surface area contributed by atoms with E-state index in [-0.39, 0.29) is 25.9 Å². The van der Waals surface area contributed by atoms with Gasteiger partial charge in [0.2, 0.25) is 0 Å². The summed E-state index contributed by atoms with van der Waals surface area (Å²) in [6.45, 7) is 1.85. The van der Waals surface area contributed by atoms with E-state index in [1.54, 1.807) is 6.07 Å². The molecule has 0 saturated carbocycles. The van der Waals surface area contributed by atoms with E-state index in [1.165, 1.54) is 17.7 Å². The number of aromatic nitrogens is 1. The first-order valence-corrected chi connectivity index (χ1v) is 9.88. The molecule has 5 rings (SSSR count). The Morgan fingerprint density at radius 1 is 0.844 bits per heavy atom. The third kappa shape index (κ3) is 6.13. The van der Waals surface area contributed by atoms with Gasteiger partial charge in [-0.15, -0.1) is 53.7 Å². The Labute approximate surface area is 202 Å². The number of rotatable bonds is 3. The van der Waals surface area contributed by atoms with Crippen molar-refractivity contribution in [3.8, 4) is 22.4 Å². The molecule has 0 spiro atoms. The van der Waals surface area contributed by atoms with E-state index >= 15 is 0 Å². The van der Waals surface area contributed by atoms with E-state index in [0.717, 1.165) is 16.8 Å². The molecule has 2 heterocycles. The second-order valence-corrected chi connectivity index (χ2v) is 6.95. The van der Waals surface area contributed by atoms with Crippen LogP contribution in [0, 0.1) is 24.6 Å². The van der Waals surface area contributed by atoms with Gasteiger partial charge >= 0.3 is 20.1 Å². The molecule has 3 aromatic carbocycles. The summed E-state index contributed by atoms with van der Waals surface area (Å²) in [6, 6.07) is 32.8. The van der Waals surface area contributed by atoms with Gasteiger partial charge in [-0.25, -0.2) is 4.39 Å². The van der Waals surface area contributed by atoms with E-state index in [0.29, 0.717) is 5.69 Å². The molecule has 0 bridgehead atoms. The van der Waals surface area contributed by atoms with Gasteiger partial charge in [0, 0.05) is 12.0 Å². The fourth-order valence-corrected chi connectivity index (χ4v) is 3.08. The molecule has 1 aromatic heterocycles. The normalized spacial score (nSPS) is 12.1. The minimum Gasteiger partial charge on any atom is -0.510 e. The fraction of sp³-hybridized carbons (Fsp3) is 0.0370. The van der Waals surface area contributed by atoms with Gasteiger partial charge in [-0.05, 0) is 36.3 Å². The monoisotopic (exact) mass is 599 g/mol. The van der Waals surface area contributed by atoms with E-state index in [2.05, 4.69) is 35.3 Å². The maximum atomic E-state index is 12.8. The Balaban J connectivity index is 0.000000184. The number of halogens is 1. The molecule has 32 heavy (non-hydrogen) atoms. The third-order valence-corrected chi connectivity index (χ3v) is 4.65. The predicted molar refractivity (Wildman–Crippen MR) is 123 cm³/mol. The molecular weight excluding hydrogens is 578 g/mol. The maximum Gasteiger partial charge on any atom is 3.00 e. The zero-order valence-electron chi connectivity index (χ0n) is 17.4. The number of pyridine rings is 1. The second kappa shape index (κ2) is 11.4. The van der Waals surface area contributed by atoms with Crippen LogP contribution in [0.4, 0.5) is 10.1 Å². The van der Waals surface area contributed by atoms with Crippen molar-refractivity contribution < 1.29 is 24.5 Å². The molecule has 0 atom stereocenters. The molecule has 0 fully saturated rings. The number of hydrogen-bond acceptors (Lipinski definition) is 3. The van der Waals surface area contributed by atoms with Crippen LogP contribution in [0.2, 0.25) is 0 Å². The largest absolute Gasteiger partial charge is 3.00 e. The standard InChI is InChI=1S/C17H12N.C10H9FN2.Ir/c1-3-7-14(8-4-1)16-11-12-17(18-13-16)15-9-5-2-6-10-15;1-12-5-6-13(8-12)10-4-2-3-9(11)7-10;/h1-9,11-13H;2-3,5-8H,1H3;/q-1;-2;+3. The molecule has 0 amide bonds. The Hall–Kier alpha value is -3.27. The first-order chi connectivity index (χ1) is 15.2. The van der Waals surface area contributed by atoms with Crippen LogP contribution in [0.1, 0.15) is 0 Å². The maximum absolute atomic E-state index is 12.8. The van der Waals surface area contributed by atoms with Gasteiger partial charge in [-0.2, -0.15) is 18.8 Å². The molecule has 0 saturated heterocycles. The van der Waals surface area contributed by atoms with Gasteiger partial charge in [0.05, 0.1) is 0 Å². The Bertz CT molecular complexity index is 1070. The smallest absolute Gasteiger partial charge is 0.510 e. The molecular formula is C27H21FIrN3. The van der Waals surface area contributed by atoms with Crippen molar-refractivity contribution in [3.63, 3.8) is 0 Å². The van der Waals surface area contributed by atoms with Crippen molar-refractivity contribution in [2.75, 3.05) is 11.9 Å². The summed E-state index contributed by atoms with van der Waals surface area (Å²) in [4.78, 5) is 8.19. The van der Waals surface area contributed by atoms with Crippen LogP contribution < -0.4 is 4.90 Å². The number of hydrogen-bond donors (Lipinski definition) is 0. The third-order valence-electron chi connectivity index (χ3n) is 4.65. The molecule has 3 nitrogen and oxygen atoms in total. The van der Waals surface area contributed by atoms with Crippen molar-refractivity contribution in [2.24, 2.45) is 0 Å². The van der Waals surface area contributed by atoms with Crippen LogP contribution >= 0.6 is 0 Å². The van der Waals surface area contributed by atoms with E-state index in [4.69, 9.17) is 0 Å². The molecule has 0 unspecified atom stereocenters. The van der Waals surface area contributed by atoms with Gasteiger partial charge in [-0.1, -0.05) is 42.5 Å². The molecule has 0 N–H and O–H groups in total. The SMILES string of the molecule is CN1C=CN(c2[c-]ccc(F)c2)[CH-]1.[Ir+3].[c-]1ccccc1-c1ccc(-c2ccccc2)cn1. The van der Waals surface area contributed by atoms with Crippen molar-refractivity contribution in [2.45, 2.75) is 0 Å². The van der Waals surface area contributed by atoms with Gasteiger partial charge in [0.15, 0.2) is 0 Å². The molecule has 5 heteroatoms. The number of benzene rings is 3. The summed E-state index contributed by atoms with van der Waals surface area (Å²) >= 11 is 0. The summed E-state index contributed by atoms with van der Waals surface area (Å²) in [5.41, 5.74) is 5.01. The quantitative estimate of drug-likeness (QED) is 0.263. The minimum atomic E-state index is -0.245. The Kier molecular flexibility index (Phi) is 8.32. The van der Waals surface area contributed by atoms with Crippen LogP contribution in [0.5, 0.6) is 0 Å². The summed E-state index contributed by atoms with van der Waals surface area (Å²) in [6.07, 6.45) is 5.65. The van der Waals surface area contributed by atoms with Crippen molar-refractivity contribution in [1.29, 1.82) is 0 Å². The molecule has 1 aliphatic rings. The van der Waals surface area contributed by atoms with Gasteiger partial charge in [-0.3, -0.25) is 0 Å². The molecule has 0 radical (unpaired) electrons. The summed E-state index contributed by atoms with van der Waals surface area (Å²) in [5.74, 6) is -0.245. The Morgan fingerprint density at radius 3 is 2.28 bits per heavy atom. The van der Waals surface area contributed by atoms with Gasteiger partial charge < -0.3 is 14.8 Å². The van der Waals surface area contributed by atoms with E-state index in [9.17, 15) is 4.39 Å². The van der Waals surface area contributed by atoms with Crippen molar-refractivity contribution in [3.05, 3.63) is 128 Å². The van der Waals surface area contributed by atoms with Crippen LogP contribution in [0.25, 0.3) is 22.4 Å². The zero-order valence-corrected chi connectivity index (χ0v) is 19.8. The zero-order chi connectivity index (χ0) is 21.5. The van der Waals surface area contributed by atoms with Crippen LogP contribution in [0.3, 0.4) is 0 Å². The van der Waals surface area contributed by atoms with E-state index < -0.39 is 0 Å². The predicted octanol–water partition coefficient (Wildman–Crippen LogP) is 6.18. The first kappa shape index (κ1) is 23.4. The van der Waals surface area contributed by atoms with Crippen molar-refractivity contribution >= 4 is 5.69 Å². The van der Waals surface area contributed by atoms with Crippen LogP contribution in [-0.4, -0.2) is 16.9 Å². The number of anilines is 1. The topological polar surface area (TPSA) is 19.4 Å². The number of nitrogens with zero attached hydrogens (tertiary/aromatic N) is 3. The van der Waals surface area contributed by atoms with E-state index in [1.807, 2.05) is 90.6 Å². The van der Waals surface area contributed by atoms with Gasteiger partial charge in [0.1, 0.15) is 0 Å². The average molecular weight is 599 g/mol. The molecule has 4 aromatic rings. The molecule has 160 valence electrons. The minimum absolute atomic E-state index is 0. The van der Waals surface area contributed by atoms with Crippen LogP contribution in [-0.2, 0) is 20.1 Å². The fourth-order valence-electron chi connectivity index (χ4n) is 3.08. The van der Waals surface area contributed by atoms with Crippen molar-refractivity contribution in [1.82, 2.24) is 9.88 Å². The molecule has 0 aliphatic carbocycles. The summed E-state index contributed by atoms with van der Waals surface area (Å²) in [7, 11) is 1.91. The average Bonchev–Trinajstić information content (AvgIpc) is 3.27. The molecule has 1 aliphatic heterocycles. The first-order valence-electron chi connectivity index (χ1n) is 9.88. The van der Waals surface area contributed by atoms with Crippen LogP contribution in [0.15, 0.2) is 104 Å².